The van der Waals surface area contributed by atoms with Gasteiger partial charge in [-0.25, -0.2) is 13.1 Å². The highest BCUT2D eigenvalue weighted by Crippen LogP contribution is 2.26. The molecular weight excluding hydrogens is 320 g/mol. The van der Waals surface area contributed by atoms with Crippen molar-refractivity contribution in [2.45, 2.75) is 31.3 Å². The molecule has 18 heavy (non-hydrogen) atoms. The fraction of sp³-hybridized carbons (Fsp3) is 0.455. The van der Waals surface area contributed by atoms with E-state index in [1.807, 2.05) is 0 Å². The van der Waals surface area contributed by atoms with Crippen molar-refractivity contribution < 1.29 is 13.5 Å². The van der Waals surface area contributed by atoms with Gasteiger partial charge in [-0.3, -0.25) is 0 Å². The fourth-order valence-corrected chi connectivity index (χ4v) is 3.23. The largest absolute Gasteiger partial charge is 0.398 e. The standard InChI is InChI=1S/C11H17BrN2O3S/c1-7-4-8(12)9(13)5-10(7)18(16,17)14-6-11(2,3)15/h4-5,14-15H,6,13H2,1-3H3. The number of rotatable bonds is 4. The van der Waals surface area contributed by atoms with Crippen LogP contribution >= 0.6 is 15.9 Å². The first-order valence-electron chi connectivity index (χ1n) is 5.30. The molecule has 0 aliphatic carbocycles. The molecule has 0 radical (unpaired) electrons. The van der Waals surface area contributed by atoms with Gasteiger partial charge in [0, 0.05) is 16.7 Å². The number of nitrogens with one attached hydrogen (secondary N) is 1. The number of nitrogen functional groups attached to an aromatic ring is 1. The Bertz CT molecular complexity index is 550. The average Bonchev–Trinajstić information content (AvgIpc) is 2.19. The lowest BCUT2D eigenvalue weighted by molar-refractivity contribution is 0.0857. The van der Waals surface area contributed by atoms with Crippen LogP contribution in [0.15, 0.2) is 21.5 Å². The van der Waals surface area contributed by atoms with Gasteiger partial charge in [0.25, 0.3) is 0 Å². The van der Waals surface area contributed by atoms with Crippen molar-refractivity contribution in [2.75, 3.05) is 12.3 Å². The summed E-state index contributed by atoms with van der Waals surface area (Å²) in [6, 6.07) is 3.04. The molecule has 1 aromatic carbocycles. The third kappa shape index (κ3) is 3.94. The second-order valence-electron chi connectivity index (χ2n) is 4.78. The lowest BCUT2D eigenvalue weighted by Gasteiger charge is -2.18. The maximum absolute atomic E-state index is 12.1. The minimum atomic E-state index is -3.67. The number of hydrogen-bond acceptors (Lipinski definition) is 4. The van der Waals surface area contributed by atoms with Crippen LogP contribution in [0.5, 0.6) is 0 Å². The van der Waals surface area contributed by atoms with E-state index in [1.165, 1.54) is 19.9 Å². The van der Waals surface area contributed by atoms with Crippen molar-refractivity contribution in [3.05, 3.63) is 22.2 Å². The molecule has 0 aromatic heterocycles. The zero-order valence-electron chi connectivity index (χ0n) is 10.5. The van der Waals surface area contributed by atoms with Crippen LogP contribution in [0.3, 0.4) is 0 Å². The summed E-state index contributed by atoms with van der Waals surface area (Å²) in [7, 11) is -3.67. The number of aliphatic hydroxyl groups is 1. The van der Waals surface area contributed by atoms with E-state index >= 15 is 0 Å². The second kappa shape index (κ2) is 5.16. The molecule has 0 atom stereocenters. The first kappa shape index (κ1) is 15.4. The van der Waals surface area contributed by atoms with Gasteiger partial charge in [0.1, 0.15) is 0 Å². The van der Waals surface area contributed by atoms with Gasteiger partial charge < -0.3 is 10.8 Å². The maximum Gasteiger partial charge on any atom is 0.241 e. The quantitative estimate of drug-likeness (QED) is 0.724. The average molecular weight is 337 g/mol. The van der Waals surface area contributed by atoms with E-state index < -0.39 is 15.6 Å². The zero-order valence-corrected chi connectivity index (χ0v) is 12.9. The van der Waals surface area contributed by atoms with Gasteiger partial charge in [-0.15, -0.1) is 0 Å². The normalized spacial score (nSPS) is 12.7. The first-order chi connectivity index (χ1) is 8.03. The van der Waals surface area contributed by atoms with Gasteiger partial charge >= 0.3 is 0 Å². The van der Waals surface area contributed by atoms with Crippen LogP contribution < -0.4 is 10.5 Å². The fourth-order valence-electron chi connectivity index (χ4n) is 1.31. The Kier molecular flexibility index (Phi) is 4.42. The summed E-state index contributed by atoms with van der Waals surface area (Å²) in [6.07, 6.45) is 0. The number of benzene rings is 1. The Morgan fingerprint density at radius 2 is 2.00 bits per heavy atom. The van der Waals surface area contributed by atoms with Crippen LogP contribution in [0.4, 0.5) is 5.69 Å². The monoisotopic (exact) mass is 336 g/mol. The van der Waals surface area contributed by atoms with E-state index in [4.69, 9.17) is 5.73 Å². The molecule has 4 N–H and O–H groups in total. The number of hydrogen-bond donors (Lipinski definition) is 3. The molecular formula is C11H17BrN2O3S. The maximum atomic E-state index is 12.1. The van der Waals surface area contributed by atoms with Crippen LogP contribution in [-0.4, -0.2) is 25.7 Å². The number of halogens is 1. The highest BCUT2D eigenvalue weighted by molar-refractivity contribution is 9.10. The molecule has 0 bridgehead atoms. The second-order valence-corrected chi connectivity index (χ2v) is 7.37. The van der Waals surface area contributed by atoms with Crippen LogP contribution in [0.25, 0.3) is 0 Å². The molecule has 0 aliphatic rings. The van der Waals surface area contributed by atoms with Crippen LogP contribution in [-0.2, 0) is 10.0 Å². The Balaban J connectivity index is 3.10. The molecule has 0 aliphatic heterocycles. The van der Waals surface area contributed by atoms with Crippen molar-refractivity contribution in [3.63, 3.8) is 0 Å². The lowest BCUT2D eigenvalue weighted by atomic mass is 10.1. The molecule has 0 spiro atoms. The minimum absolute atomic E-state index is 0.0647. The highest BCUT2D eigenvalue weighted by atomic mass is 79.9. The third-order valence-corrected chi connectivity index (χ3v) is 4.51. The number of sulfonamides is 1. The van der Waals surface area contributed by atoms with Crippen LogP contribution in [0.2, 0.25) is 0 Å². The molecule has 7 heteroatoms. The van der Waals surface area contributed by atoms with Crippen LogP contribution in [0, 0.1) is 6.92 Å². The van der Waals surface area contributed by atoms with E-state index in [0.717, 1.165) is 0 Å². The number of nitrogens with two attached hydrogens (primary N) is 1. The van der Waals surface area contributed by atoms with Gasteiger partial charge in [-0.05, 0) is 54.4 Å². The lowest BCUT2D eigenvalue weighted by Crippen LogP contribution is -2.38. The summed E-state index contributed by atoms with van der Waals surface area (Å²) in [4.78, 5) is 0.118. The van der Waals surface area contributed by atoms with Crippen molar-refractivity contribution in [1.29, 1.82) is 0 Å². The number of aryl methyl sites for hydroxylation is 1. The summed E-state index contributed by atoms with van der Waals surface area (Å²) in [5, 5.41) is 9.54. The minimum Gasteiger partial charge on any atom is -0.398 e. The Morgan fingerprint density at radius 3 is 2.50 bits per heavy atom. The molecule has 0 saturated carbocycles. The summed E-state index contributed by atoms with van der Waals surface area (Å²) >= 11 is 3.24. The van der Waals surface area contributed by atoms with Crippen LogP contribution in [0.1, 0.15) is 19.4 Å². The summed E-state index contributed by atoms with van der Waals surface area (Å²) in [5.41, 5.74) is 5.50. The van der Waals surface area contributed by atoms with E-state index in [-0.39, 0.29) is 11.4 Å². The molecule has 0 heterocycles. The van der Waals surface area contributed by atoms with Crippen molar-refractivity contribution in [3.8, 4) is 0 Å². The molecule has 0 fully saturated rings. The van der Waals surface area contributed by atoms with Gasteiger partial charge in [-0.1, -0.05) is 0 Å². The van der Waals surface area contributed by atoms with E-state index in [0.29, 0.717) is 15.7 Å². The predicted octanol–water partition coefficient (Wildman–Crippen LogP) is 1.39. The van der Waals surface area contributed by atoms with Gasteiger partial charge in [0.05, 0.1) is 10.5 Å². The molecule has 1 aromatic rings. The van der Waals surface area contributed by atoms with Crippen molar-refractivity contribution >= 4 is 31.6 Å². The SMILES string of the molecule is Cc1cc(Br)c(N)cc1S(=O)(=O)NCC(C)(C)O. The topological polar surface area (TPSA) is 92.4 Å². The first-order valence-corrected chi connectivity index (χ1v) is 7.58. The molecule has 5 nitrogen and oxygen atoms in total. The van der Waals surface area contributed by atoms with Gasteiger partial charge in [0.15, 0.2) is 0 Å². The Labute approximate surface area is 116 Å². The van der Waals surface area contributed by atoms with Gasteiger partial charge in [0.2, 0.25) is 10.0 Å². The highest BCUT2D eigenvalue weighted by Gasteiger charge is 2.22. The summed E-state index contributed by atoms with van der Waals surface area (Å²) < 4.78 is 27.1. The third-order valence-electron chi connectivity index (χ3n) is 2.28. The molecule has 0 saturated heterocycles. The number of anilines is 1. The molecule has 0 amide bonds. The Morgan fingerprint density at radius 1 is 1.44 bits per heavy atom. The molecule has 102 valence electrons. The zero-order chi connectivity index (χ0) is 14.1. The van der Waals surface area contributed by atoms with Crippen molar-refractivity contribution in [1.82, 2.24) is 4.72 Å². The summed E-state index contributed by atoms with van der Waals surface area (Å²) in [5.74, 6) is 0. The summed E-state index contributed by atoms with van der Waals surface area (Å²) in [6.45, 7) is 4.67. The van der Waals surface area contributed by atoms with E-state index in [1.54, 1.807) is 13.0 Å². The molecule has 1 rings (SSSR count). The smallest absolute Gasteiger partial charge is 0.241 e. The van der Waals surface area contributed by atoms with E-state index in [9.17, 15) is 13.5 Å². The van der Waals surface area contributed by atoms with Gasteiger partial charge in [-0.2, -0.15) is 0 Å². The molecule has 0 unspecified atom stereocenters. The van der Waals surface area contributed by atoms with Crippen molar-refractivity contribution in [2.24, 2.45) is 0 Å². The Hall–Kier alpha value is -0.630. The predicted molar refractivity (Wildman–Crippen MR) is 74.8 cm³/mol. The van der Waals surface area contributed by atoms with E-state index in [2.05, 4.69) is 20.7 Å².